The number of rotatable bonds is 4. The number of halogens is 4. The van der Waals surface area contributed by atoms with E-state index < -0.39 is 7.25 Å². The van der Waals surface area contributed by atoms with Crippen molar-refractivity contribution < 1.29 is 26.4 Å². The van der Waals surface area contributed by atoms with Gasteiger partial charge >= 0.3 is 18.8 Å². The molecular formula is C24H19BF4O2. The zero-order valence-electron chi connectivity index (χ0n) is 16.6. The van der Waals surface area contributed by atoms with Gasteiger partial charge in [0.25, 0.3) is 0 Å². The second-order valence-electron chi connectivity index (χ2n) is 6.53. The first kappa shape index (κ1) is 22.1. The van der Waals surface area contributed by atoms with Crippen LogP contribution in [-0.4, -0.2) is 14.4 Å². The lowest BCUT2D eigenvalue weighted by Crippen LogP contribution is -2.02. The Bertz CT molecular complexity index is 1040. The molecule has 3 aromatic carbocycles. The summed E-state index contributed by atoms with van der Waals surface area (Å²) in [6, 6.07) is 32.6. The topological polar surface area (TPSA) is 20.5 Å². The molecule has 0 amide bonds. The molecule has 158 valence electrons. The largest absolute Gasteiger partial charge is 0.673 e. The lowest BCUT2D eigenvalue weighted by molar-refractivity contribution is 0.368. The van der Waals surface area contributed by atoms with Crippen LogP contribution in [0.5, 0.6) is 5.75 Å². The quantitative estimate of drug-likeness (QED) is 0.188. The molecule has 31 heavy (non-hydrogen) atoms. The van der Waals surface area contributed by atoms with E-state index in [9.17, 15) is 17.3 Å². The Kier molecular flexibility index (Phi) is 7.08. The van der Waals surface area contributed by atoms with Crippen molar-refractivity contribution in [2.75, 3.05) is 7.11 Å². The van der Waals surface area contributed by atoms with Gasteiger partial charge in [0.15, 0.2) is 0 Å². The number of ether oxygens (including phenoxy) is 1. The molecule has 1 heterocycles. The van der Waals surface area contributed by atoms with Gasteiger partial charge in [-0.3, -0.25) is 0 Å². The summed E-state index contributed by atoms with van der Waals surface area (Å²) in [7, 11) is -4.32. The summed E-state index contributed by atoms with van der Waals surface area (Å²) < 4.78 is 50.5. The SMILES string of the molecule is COc1ccc(-c2cc(-c3ccccc3)[o+]c(-c3ccccc3)c2)cc1.F[B-](F)(F)F. The number of methoxy groups -OCH3 is 1. The van der Waals surface area contributed by atoms with Crippen molar-refractivity contribution in [2.24, 2.45) is 0 Å². The molecule has 0 saturated heterocycles. The monoisotopic (exact) mass is 426 g/mol. The van der Waals surface area contributed by atoms with Crippen LogP contribution >= 0.6 is 0 Å². The third-order valence-corrected chi connectivity index (χ3v) is 4.33. The maximum Gasteiger partial charge on any atom is 0.673 e. The van der Waals surface area contributed by atoms with E-state index >= 15 is 0 Å². The molecule has 0 unspecified atom stereocenters. The number of hydrogen-bond donors (Lipinski definition) is 0. The predicted molar refractivity (Wildman–Crippen MR) is 116 cm³/mol. The Hall–Kier alpha value is -3.61. The van der Waals surface area contributed by atoms with E-state index in [0.29, 0.717) is 0 Å². The fraction of sp³-hybridized carbons (Fsp3) is 0.0417. The van der Waals surface area contributed by atoms with Crippen LogP contribution in [0.4, 0.5) is 17.3 Å². The van der Waals surface area contributed by atoms with E-state index in [1.165, 1.54) is 0 Å². The van der Waals surface area contributed by atoms with Crippen LogP contribution < -0.4 is 4.74 Å². The molecule has 0 N–H and O–H groups in total. The first-order chi connectivity index (χ1) is 14.8. The summed E-state index contributed by atoms with van der Waals surface area (Å²) in [4.78, 5) is 0. The summed E-state index contributed by atoms with van der Waals surface area (Å²) in [5, 5.41) is 0. The first-order valence-corrected chi connectivity index (χ1v) is 9.44. The number of hydrogen-bond acceptors (Lipinski definition) is 1. The van der Waals surface area contributed by atoms with E-state index in [4.69, 9.17) is 9.15 Å². The van der Waals surface area contributed by atoms with Crippen molar-refractivity contribution in [3.05, 3.63) is 97.1 Å². The fourth-order valence-corrected chi connectivity index (χ4v) is 2.94. The zero-order chi connectivity index (χ0) is 22.3. The van der Waals surface area contributed by atoms with E-state index in [1.807, 2.05) is 48.5 Å². The third kappa shape index (κ3) is 6.71. The molecule has 0 aliphatic heterocycles. The summed E-state index contributed by atoms with van der Waals surface area (Å²) in [6.45, 7) is 0. The summed E-state index contributed by atoms with van der Waals surface area (Å²) >= 11 is 0. The molecule has 0 aliphatic rings. The van der Waals surface area contributed by atoms with Gasteiger partial charge in [-0.05, 0) is 42.0 Å². The van der Waals surface area contributed by atoms with Crippen LogP contribution in [-0.2, 0) is 0 Å². The Morgan fingerprint density at radius 2 is 1.00 bits per heavy atom. The molecule has 1 aromatic heterocycles. The van der Waals surface area contributed by atoms with Gasteiger partial charge in [-0.25, -0.2) is 4.42 Å². The molecule has 0 atom stereocenters. The standard InChI is InChI=1S/C24H19O2.BF4/c1-25-22-14-12-18(13-15-22)21-16-23(19-8-4-2-5-9-19)26-24(17-21)20-10-6-3-7-11-20;2-1(3,4)5/h2-17H,1H3;/q+1;-1. The van der Waals surface area contributed by atoms with Gasteiger partial charge in [0.1, 0.15) is 5.75 Å². The second kappa shape index (κ2) is 9.93. The average Bonchev–Trinajstić information content (AvgIpc) is 2.79. The minimum Gasteiger partial charge on any atom is -0.497 e. The van der Waals surface area contributed by atoms with Crippen LogP contribution in [0, 0.1) is 0 Å². The van der Waals surface area contributed by atoms with E-state index in [0.717, 1.165) is 39.5 Å². The normalized spacial score (nSPS) is 10.7. The van der Waals surface area contributed by atoms with Crippen molar-refractivity contribution in [1.29, 1.82) is 0 Å². The van der Waals surface area contributed by atoms with Crippen LogP contribution in [0.1, 0.15) is 0 Å². The minimum absolute atomic E-state index is 0.845. The summed E-state index contributed by atoms with van der Waals surface area (Å²) in [5.41, 5.74) is 4.34. The molecule has 0 saturated carbocycles. The molecule has 4 rings (SSSR count). The Morgan fingerprint density at radius 1 is 0.581 bits per heavy atom. The fourth-order valence-electron chi connectivity index (χ4n) is 2.94. The highest BCUT2D eigenvalue weighted by Crippen LogP contribution is 2.33. The first-order valence-electron chi connectivity index (χ1n) is 9.44. The van der Waals surface area contributed by atoms with Crippen molar-refractivity contribution in [3.8, 4) is 39.5 Å². The van der Waals surface area contributed by atoms with Crippen LogP contribution in [0.15, 0.2) is 101 Å². The van der Waals surface area contributed by atoms with Crippen molar-refractivity contribution >= 4 is 7.25 Å². The van der Waals surface area contributed by atoms with Crippen LogP contribution in [0.25, 0.3) is 33.8 Å². The van der Waals surface area contributed by atoms with E-state index in [2.05, 4.69) is 48.5 Å². The van der Waals surface area contributed by atoms with Gasteiger partial charge in [-0.2, -0.15) is 0 Å². The average molecular weight is 426 g/mol. The highest BCUT2D eigenvalue weighted by Gasteiger charge is 2.21. The lowest BCUT2D eigenvalue weighted by Gasteiger charge is -2.04. The lowest BCUT2D eigenvalue weighted by atomic mass is 10.0. The van der Waals surface area contributed by atoms with Gasteiger partial charge in [0.2, 0.25) is 0 Å². The van der Waals surface area contributed by atoms with Gasteiger partial charge < -0.3 is 22.0 Å². The van der Waals surface area contributed by atoms with Crippen molar-refractivity contribution in [2.45, 2.75) is 0 Å². The minimum atomic E-state index is -6.00. The highest BCUT2D eigenvalue weighted by molar-refractivity contribution is 6.50. The molecule has 2 nitrogen and oxygen atoms in total. The maximum absolute atomic E-state index is 9.75. The molecule has 0 radical (unpaired) electrons. The molecule has 0 fully saturated rings. The van der Waals surface area contributed by atoms with E-state index in [1.54, 1.807) is 7.11 Å². The number of benzene rings is 3. The summed E-state index contributed by atoms with van der Waals surface area (Å²) in [6.07, 6.45) is 0. The molecule has 0 aliphatic carbocycles. The van der Waals surface area contributed by atoms with Crippen molar-refractivity contribution in [3.63, 3.8) is 0 Å². The Morgan fingerprint density at radius 3 is 1.39 bits per heavy atom. The second-order valence-corrected chi connectivity index (χ2v) is 6.53. The summed E-state index contributed by atoms with van der Waals surface area (Å²) in [5.74, 6) is 2.54. The Balaban J connectivity index is 0.000000491. The predicted octanol–water partition coefficient (Wildman–Crippen LogP) is 7.87. The van der Waals surface area contributed by atoms with Gasteiger partial charge in [-0.15, -0.1) is 0 Å². The smallest absolute Gasteiger partial charge is 0.497 e. The molecule has 7 heteroatoms. The van der Waals surface area contributed by atoms with Crippen LogP contribution in [0.2, 0.25) is 0 Å². The van der Waals surface area contributed by atoms with Crippen molar-refractivity contribution in [1.82, 2.24) is 0 Å². The molecule has 0 bridgehead atoms. The highest BCUT2D eigenvalue weighted by atomic mass is 19.5. The molecule has 0 spiro atoms. The van der Waals surface area contributed by atoms with Gasteiger partial charge in [0.05, 0.1) is 30.4 Å². The van der Waals surface area contributed by atoms with Gasteiger partial charge in [0, 0.05) is 5.56 Å². The maximum atomic E-state index is 9.75. The van der Waals surface area contributed by atoms with Crippen LogP contribution in [0.3, 0.4) is 0 Å². The zero-order valence-corrected chi connectivity index (χ0v) is 16.6. The van der Waals surface area contributed by atoms with E-state index in [-0.39, 0.29) is 0 Å². The van der Waals surface area contributed by atoms with Gasteiger partial charge in [-0.1, -0.05) is 48.5 Å². The third-order valence-electron chi connectivity index (χ3n) is 4.33. The molecule has 4 aromatic rings. The molecular weight excluding hydrogens is 407 g/mol. The Labute approximate surface area is 177 Å².